The van der Waals surface area contributed by atoms with E-state index in [0.29, 0.717) is 35.9 Å². The lowest BCUT2D eigenvalue weighted by molar-refractivity contribution is -0.146. The number of hydrogen-bond acceptors (Lipinski definition) is 3. The molecule has 0 atom stereocenters. The maximum absolute atomic E-state index is 14.5. The zero-order valence-electron chi connectivity index (χ0n) is 17.2. The van der Waals surface area contributed by atoms with E-state index in [-0.39, 0.29) is 29.7 Å². The van der Waals surface area contributed by atoms with Crippen molar-refractivity contribution < 1.29 is 18.7 Å². The van der Waals surface area contributed by atoms with Crippen molar-refractivity contribution in [2.75, 3.05) is 7.11 Å². The third-order valence-corrected chi connectivity index (χ3v) is 6.51. The molecule has 162 valence electrons. The Balaban J connectivity index is 1.55. The second-order valence-electron chi connectivity index (χ2n) is 7.97. The van der Waals surface area contributed by atoms with Gasteiger partial charge < -0.3 is 14.6 Å². The minimum atomic E-state index is -0.348. The van der Waals surface area contributed by atoms with Crippen LogP contribution in [-0.2, 0) is 16.1 Å². The monoisotopic (exact) mass is 486 g/mol. The molecule has 1 saturated carbocycles. The number of carbonyl (C=O) groups excluding carboxylic acids is 2. The molecule has 1 aliphatic carbocycles. The fourth-order valence-electron chi connectivity index (χ4n) is 4.30. The van der Waals surface area contributed by atoms with E-state index in [1.54, 1.807) is 12.1 Å². The molecule has 1 aliphatic rings. The summed E-state index contributed by atoms with van der Waals surface area (Å²) in [5, 5.41) is 3.51. The van der Waals surface area contributed by atoms with E-state index in [1.807, 2.05) is 35.0 Å². The third-order valence-electron chi connectivity index (χ3n) is 5.98. The summed E-state index contributed by atoms with van der Waals surface area (Å²) in [5.41, 5.74) is 2.09. The van der Waals surface area contributed by atoms with Crippen LogP contribution in [0.4, 0.5) is 4.39 Å². The van der Waals surface area contributed by atoms with E-state index >= 15 is 0 Å². The second kappa shape index (κ2) is 9.22. The van der Waals surface area contributed by atoms with Gasteiger partial charge in [0.25, 0.3) is 5.91 Å². The van der Waals surface area contributed by atoms with Gasteiger partial charge in [0.1, 0.15) is 5.82 Å². The molecule has 0 saturated heterocycles. The van der Waals surface area contributed by atoms with Gasteiger partial charge in [-0.1, -0.05) is 28.1 Å². The number of carbonyl (C=O) groups is 2. The quantitative estimate of drug-likeness (QED) is 0.513. The Kier molecular flexibility index (Phi) is 6.41. The summed E-state index contributed by atoms with van der Waals surface area (Å²) in [6, 6.07) is 12.5. The van der Waals surface area contributed by atoms with E-state index in [0.717, 1.165) is 22.9 Å². The van der Waals surface area contributed by atoms with E-state index in [9.17, 15) is 14.0 Å². The Hall–Kier alpha value is -2.67. The molecule has 0 spiro atoms. The van der Waals surface area contributed by atoms with Crippen molar-refractivity contribution in [1.82, 2.24) is 9.88 Å². The maximum atomic E-state index is 14.5. The average molecular weight is 487 g/mol. The molecule has 3 aromatic rings. The molecule has 2 aromatic carbocycles. The van der Waals surface area contributed by atoms with Crippen molar-refractivity contribution in [2.45, 2.75) is 38.3 Å². The van der Waals surface area contributed by atoms with E-state index in [4.69, 9.17) is 4.74 Å². The molecule has 1 fully saturated rings. The second-order valence-corrected chi connectivity index (χ2v) is 8.89. The minimum absolute atomic E-state index is 0.0107. The third kappa shape index (κ3) is 4.66. The molecule has 0 unspecified atom stereocenters. The number of halogens is 2. The molecular formula is C24H24BrFN2O3. The Labute approximate surface area is 188 Å². The smallest absolute Gasteiger partial charge is 0.308 e. The van der Waals surface area contributed by atoms with Crippen LogP contribution in [0.2, 0.25) is 0 Å². The molecule has 1 heterocycles. The van der Waals surface area contributed by atoms with Crippen molar-refractivity contribution in [3.63, 3.8) is 0 Å². The number of hydrogen-bond donors (Lipinski definition) is 1. The van der Waals surface area contributed by atoms with Crippen molar-refractivity contribution >= 4 is 38.7 Å². The first kappa shape index (κ1) is 21.6. The van der Waals surface area contributed by atoms with Crippen LogP contribution in [0, 0.1) is 11.7 Å². The highest BCUT2D eigenvalue weighted by atomic mass is 79.9. The predicted octanol–water partition coefficient (Wildman–Crippen LogP) is 5.05. The molecular weight excluding hydrogens is 463 g/mol. The standard InChI is InChI=1S/C24H24BrFN2O3/c1-31-24(30)16-4-8-18(9-5-16)27-23(29)20-10-11-21(26)19-12-13-28(22(19)20)14-15-2-6-17(25)7-3-15/h2-3,6-7,10-13,16,18H,4-5,8-9,14H2,1H3,(H,27,29). The Bertz CT molecular complexity index is 1100. The average Bonchev–Trinajstić information content (AvgIpc) is 3.20. The van der Waals surface area contributed by atoms with Gasteiger partial charge in [0.2, 0.25) is 0 Å². The first-order chi connectivity index (χ1) is 15.0. The molecule has 1 N–H and O–H groups in total. The molecule has 1 aromatic heterocycles. The van der Waals surface area contributed by atoms with Crippen LogP contribution in [0.1, 0.15) is 41.6 Å². The number of esters is 1. The lowest BCUT2D eigenvalue weighted by Crippen LogP contribution is -2.39. The van der Waals surface area contributed by atoms with Gasteiger partial charge in [-0.25, -0.2) is 4.39 Å². The number of aromatic nitrogens is 1. The van der Waals surface area contributed by atoms with Gasteiger partial charge in [-0.2, -0.15) is 0 Å². The Morgan fingerprint density at radius 3 is 2.48 bits per heavy atom. The first-order valence-electron chi connectivity index (χ1n) is 10.4. The van der Waals surface area contributed by atoms with Crippen LogP contribution in [0.25, 0.3) is 10.9 Å². The molecule has 31 heavy (non-hydrogen) atoms. The summed E-state index contributed by atoms with van der Waals surface area (Å²) in [7, 11) is 1.40. The van der Waals surface area contributed by atoms with Gasteiger partial charge in [-0.15, -0.1) is 0 Å². The van der Waals surface area contributed by atoms with E-state index in [1.165, 1.54) is 13.2 Å². The summed E-state index contributed by atoms with van der Waals surface area (Å²) in [6.45, 7) is 0.532. The summed E-state index contributed by atoms with van der Waals surface area (Å²) in [4.78, 5) is 24.8. The number of amides is 1. The van der Waals surface area contributed by atoms with Crippen LogP contribution in [-0.4, -0.2) is 29.6 Å². The van der Waals surface area contributed by atoms with Crippen molar-refractivity contribution in [3.05, 3.63) is 70.1 Å². The topological polar surface area (TPSA) is 60.3 Å². The van der Waals surface area contributed by atoms with Gasteiger partial charge in [0.05, 0.1) is 24.1 Å². The lowest BCUT2D eigenvalue weighted by atomic mass is 9.86. The Morgan fingerprint density at radius 2 is 1.81 bits per heavy atom. The van der Waals surface area contributed by atoms with Gasteiger partial charge >= 0.3 is 5.97 Å². The summed E-state index contributed by atoms with van der Waals surface area (Å²) < 4.78 is 22.2. The first-order valence-corrected chi connectivity index (χ1v) is 11.2. The van der Waals surface area contributed by atoms with Crippen molar-refractivity contribution in [2.24, 2.45) is 5.92 Å². The highest BCUT2D eigenvalue weighted by Gasteiger charge is 2.28. The number of ether oxygens (including phenoxy) is 1. The zero-order valence-corrected chi connectivity index (χ0v) is 18.8. The molecule has 5 nitrogen and oxygen atoms in total. The van der Waals surface area contributed by atoms with Crippen LogP contribution >= 0.6 is 15.9 Å². The number of nitrogens with zero attached hydrogens (tertiary/aromatic N) is 1. The number of methoxy groups -OCH3 is 1. The SMILES string of the molecule is COC(=O)C1CCC(NC(=O)c2ccc(F)c3ccn(Cc4ccc(Br)cc4)c23)CC1. The van der Waals surface area contributed by atoms with Gasteiger partial charge in [0.15, 0.2) is 0 Å². The van der Waals surface area contributed by atoms with E-state index in [2.05, 4.69) is 21.2 Å². The van der Waals surface area contributed by atoms with Crippen LogP contribution < -0.4 is 5.32 Å². The summed E-state index contributed by atoms with van der Waals surface area (Å²) in [5.74, 6) is -0.850. The highest BCUT2D eigenvalue weighted by Crippen LogP contribution is 2.28. The highest BCUT2D eigenvalue weighted by molar-refractivity contribution is 9.10. The largest absolute Gasteiger partial charge is 0.469 e. The fraction of sp³-hybridized carbons (Fsp3) is 0.333. The summed E-state index contributed by atoms with van der Waals surface area (Å²) in [6.07, 6.45) is 4.63. The fourth-order valence-corrected chi connectivity index (χ4v) is 4.56. The van der Waals surface area contributed by atoms with Crippen LogP contribution in [0.15, 0.2) is 53.1 Å². The zero-order chi connectivity index (χ0) is 22.0. The predicted molar refractivity (Wildman–Crippen MR) is 120 cm³/mol. The van der Waals surface area contributed by atoms with Crippen molar-refractivity contribution in [3.8, 4) is 0 Å². The molecule has 7 heteroatoms. The number of fused-ring (bicyclic) bond motifs is 1. The molecule has 0 radical (unpaired) electrons. The summed E-state index contributed by atoms with van der Waals surface area (Å²) >= 11 is 3.43. The maximum Gasteiger partial charge on any atom is 0.308 e. The van der Waals surface area contributed by atoms with Crippen LogP contribution in [0.3, 0.4) is 0 Å². The number of rotatable bonds is 5. The van der Waals surface area contributed by atoms with Gasteiger partial charge in [-0.05, 0) is 61.6 Å². The number of benzene rings is 2. The van der Waals surface area contributed by atoms with Gasteiger partial charge in [-0.3, -0.25) is 9.59 Å². The number of nitrogens with one attached hydrogen (secondary N) is 1. The van der Waals surface area contributed by atoms with Crippen molar-refractivity contribution in [1.29, 1.82) is 0 Å². The minimum Gasteiger partial charge on any atom is -0.469 e. The normalized spacial score (nSPS) is 18.7. The molecule has 0 bridgehead atoms. The molecule has 0 aliphatic heterocycles. The van der Waals surface area contributed by atoms with Gasteiger partial charge in [0, 0.05) is 28.6 Å². The Morgan fingerprint density at radius 1 is 1.10 bits per heavy atom. The molecule has 4 rings (SSSR count). The molecule has 1 amide bonds. The lowest BCUT2D eigenvalue weighted by Gasteiger charge is -2.27. The van der Waals surface area contributed by atoms with E-state index < -0.39 is 0 Å². The van der Waals surface area contributed by atoms with Crippen LogP contribution in [0.5, 0.6) is 0 Å².